The number of rotatable bonds is 6. The molecular weight excluding hydrogens is 365 g/mol. The highest BCUT2D eigenvalue weighted by molar-refractivity contribution is 7.87. The molecule has 2 rings (SSSR count). The van der Waals surface area contributed by atoms with Gasteiger partial charge in [0, 0.05) is 0 Å². The number of nitrogens with zero attached hydrogens (tertiary/aromatic N) is 4. The van der Waals surface area contributed by atoms with Gasteiger partial charge in [-0.25, -0.2) is 9.67 Å². The van der Waals surface area contributed by atoms with E-state index in [0.29, 0.717) is 5.69 Å². The van der Waals surface area contributed by atoms with Crippen LogP contribution in [0.1, 0.15) is 38.4 Å². The number of fused-ring (bicyclic) bond motifs is 1. The van der Waals surface area contributed by atoms with Gasteiger partial charge in [0.05, 0.1) is 18.8 Å². The zero-order valence-corrected chi connectivity index (χ0v) is 14.8. The molecular formula is C13H17F3N4O4S. The molecule has 0 aliphatic rings. The first kappa shape index (κ1) is 19.2. The molecule has 8 nitrogen and oxygen atoms in total. The van der Waals surface area contributed by atoms with Gasteiger partial charge in [-0.3, -0.25) is 0 Å². The van der Waals surface area contributed by atoms with E-state index in [-0.39, 0.29) is 17.2 Å². The van der Waals surface area contributed by atoms with Crippen molar-refractivity contribution in [2.24, 2.45) is 0 Å². The van der Waals surface area contributed by atoms with Gasteiger partial charge in [-0.05, 0) is 19.8 Å². The first-order chi connectivity index (χ1) is 11.6. The normalized spacial score (nSPS) is 12.8. The third-order valence-corrected chi connectivity index (χ3v) is 4.53. The van der Waals surface area contributed by atoms with Crippen molar-refractivity contribution in [1.29, 1.82) is 0 Å². The Balaban J connectivity index is 2.64. The zero-order chi connectivity index (χ0) is 19.0. The second kappa shape index (κ2) is 6.65. The lowest BCUT2D eigenvalue weighted by Gasteiger charge is -2.14. The number of ether oxygens (including phenoxy) is 1. The van der Waals surface area contributed by atoms with Crippen molar-refractivity contribution in [1.82, 2.24) is 19.7 Å². The third kappa shape index (κ3) is 3.48. The maximum atomic E-state index is 12.5. The Hall–Kier alpha value is -2.11. The Kier molecular flexibility index (Phi) is 5.11. The van der Waals surface area contributed by atoms with Gasteiger partial charge in [0.15, 0.2) is 5.65 Å². The van der Waals surface area contributed by atoms with Crippen LogP contribution in [0.2, 0.25) is 0 Å². The number of aromatic nitrogens is 4. The van der Waals surface area contributed by atoms with Crippen LogP contribution < -0.4 is 8.92 Å². The van der Waals surface area contributed by atoms with Crippen molar-refractivity contribution in [3.63, 3.8) is 0 Å². The molecule has 2 heterocycles. The largest absolute Gasteiger partial charge is 0.534 e. The molecule has 0 aromatic carbocycles. The van der Waals surface area contributed by atoms with Crippen LogP contribution in [0.15, 0.2) is 0 Å². The van der Waals surface area contributed by atoms with Gasteiger partial charge in [-0.2, -0.15) is 31.7 Å². The smallest absolute Gasteiger partial charge is 0.477 e. The Labute approximate surface area is 142 Å². The molecule has 0 bridgehead atoms. The van der Waals surface area contributed by atoms with Gasteiger partial charge < -0.3 is 8.92 Å². The van der Waals surface area contributed by atoms with Crippen LogP contribution in [0.4, 0.5) is 13.2 Å². The Morgan fingerprint density at radius 3 is 2.24 bits per heavy atom. The third-order valence-electron chi connectivity index (χ3n) is 3.59. The molecule has 2 aromatic heterocycles. The molecule has 0 aliphatic heterocycles. The number of alkyl halides is 3. The minimum Gasteiger partial charge on any atom is -0.477 e. The molecule has 25 heavy (non-hydrogen) atoms. The highest BCUT2D eigenvalue weighted by atomic mass is 32.2. The first-order valence-electron chi connectivity index (χ1n) is 7.37. The summed E-state index contributed by atoms with van der Waals surface area (Å²) in [4.78, 5) is 7.90. The molecule has 2 aromatic rings. The molecule has 12 heteroatoms. The van der Waals surface area contributed by atoms with Gasteiger partial charge in [0.25, 0.3) is 11.8 Å². The second-order valence-electron chi connectivity index (χ2n) is 5.19. The van der Waals surface area contributed by atoms with E-state index < -0.39 is 27.4 Å². The monoisotopic (exact) mass is 382 g/mol. The van der Waals surface area contributed by atoms with Gasteiger partial charge >= 0.3 is 15.6 Å². The number of hydrogen-bond acceptors (Lipinski definition) is 7. The lowest BCUT2D eigenvalue weighted by atomic mass is 10.2. The van der Waals surface area contributed by atoms with Crippen molar-refractivity contribution < 1.29 is 30.5 Å². The van der Waals surface area contributed by atoms with E-state index in [2.05, 4.69) is 19.2 Å². The summed E-state index contributed by atoms with van der Waals surface area (Å²) < 4.78 is 70.6. The average Bonchev–Trinajstić information content (AvgIpc) is 2.83. The minimum absolute atomic E-state index is 0.000817. The first-order valence-corrected chi connectivity index (χ1v) is 8.78. The fraction of sp³-hybridized carbons (Fsp3) is 0.615. The van der Waals surface area contributed by atoms with Gasteiger partial charge in [-0.15, -0.1) is 0 Å². The summed E-state index contributed by atoms with van der Waals surface area (Å²) in [5, 5.41) is 4.30. The molecule has 0 spiro atoms. The SMILES string of the molecule is CCC(CC)n1nc(C)c2nc(OS(=O)(=O)C(F)(F)F)c(OC)nc21. The van der Waals surface area contributed by atoms with Crippen LogP contribution >= 0.6 is 0 Å². The summed E-state index contributed by atoms with van der Waals surface area (Å²) in [5.74, 6) is -1.37. The molecule has 0 radical (unpaired) electrons. The molecule has 0 saturated carbocycles. The standard InChI is InChI=1S/C13H17F3N4O4S/c1-5-8(6-2)20-10-9(7(3)19-20)17-12(11(18-10)23-4)24-25(21,22)13(14,15)16/h8H,5-6H2,1-4H3. The fourth-order valence-electron chi connectivity index (χ4n) is 2.28. The van der Waals surface area contributed by atoms with Crippen molar-refractivity contribution in [3.8, 4) is 11.8 Å². The molecule has 140 valence electrons. The maximum Gasteiger partial charge on any atom is 0.534 e. The average molecular weight is 382 g/mol. The van der Waals surface area contributed by atoms with Crippen LogP contribution in [-0.4, -0.2) is 40.8 Å². The predicted molar refractivity (Wildman–Crippen MR) is 81.8 cm³/mol. The quantitative estimate of drug-likeness (QED) is 0.560. The number of hydrogen-bond donors (Lipinski definition) is 0. The summed E-state index contributed by atoms with van der Waals surface area (Å²) >= 11 is 0. The molecule has 0 amide bonds. The summed E-state index contributed by atoms with van der Waals surface area (Å²) in [6.07, 6.45) is 1.49. The van der Waals surface area contributed by atoms with Gasteiger partial charge in [-0.1, -0.05) is 13.8 Å². The topological polar surface area (TPSA) is 96.2 Å². The van der Waals surface area contributed by atoms with Crippen LogP contribution in [0.5, 0.6) is 11.8 Å². The molecule has 0 aliphatic carbocycles. The summed E-state index contributed by atoms with van der Waals surface area (Å²) in [5.41, 5.74) is -4.80. The van der Waals surface area contributed by atoms with E-state index in [1.54, 1.807) is 11.6 Å². The van der Waals surface area contributed by atoms with E-state index in [9.17, 15) is 21.6 Å². The molecule has 0 unspecified atom stereocenters. The van der Waals surface area contributed by atoms with E-state index >= 15 is 0 Å². The number of aryl methyl sites for hydroxylation is 1. The Morgan fingerprint density at radius 1 is 1.16 bits per heavy atom. The summed E-state index contributed by atoms with van der Waals surface area (Å²) in [7, 11) is -4.77. The van der Waals surface area contributed by atoms with Crippen molar-refractivity contribution in [2.45, 2.75) is 45.2 Å². The van der Waals surface area contributed by atoms with Crippen molar-refractivity contribution >= 4 is 21.3 Å². The lowest BCUT2D eigenvalue weighted by Crippen LogP contribution is -2.28. The maximum absolute atomic E-state index is 12.5. The van der Waals surface area contributed by atoms with Crippen LogP contribution in [0.3, 0.4) is 0 Å². The number of methoxy groups -OCH3 is 1. The van der Waals surface area contributed by atoms with E-state index in [1.807, 2.05) is 13.8 Å². The molecule has 0 saturated heterocycles. The van der Waals surface area contributed by atoms with Crippen LogP contribution in [0, 0.1) is 6.92 Å². The zero-order valence-electron chi connectivity index (χ0n) is 14.0. The molecule has 0 atom stereocenters. The van der Waals surface area contributed by atoms with Crippen molar-refractivity contribution in [3.05, 3.63) is 5.69 Å². The van der Waals surface area contributed by atoms with Crippen LogP contribution in [-0.2, 0) is 10.1 Å². The second-order valence-corrected chi connectivity index (χ2v) is 6.73. The van der Waals surface area contributed by atoms with E-state index in [0.717, 1.165) is 20.0 Å². The van der Waals surface area contributed by atoms with E-state index in [4.69, 9.17) is 4.74 Å². The molecule has 0 N–H and O–H groups in total. The van der Waals surface area contributed by atoms with Gasteiger partial charge in [0.1, 0.15) is 5.52 Å². The highest BCUT2D eigenvalue weighted by Crippen LogP contribution is 2.33. The highest BCUT2D eigenvalue weighted by Gasteiger charge is 2.49. The molecule has 0 fully saturated rings. The lowest BCUT2D eigenvalue weighted by molar-refractivity contribution is -0.0501. The van der Waals surface area contributed by atoms with Crippen molar-refractivity contribution in [2.75, 3.05) is 7.11 Å². The summed E-state index contributed by atoms with van der Waals surface area (Å²) in [6.45, 7) is 5.49. The number of halogens is 3. The van der Waals surface area contributed by atoms with Gasteiger partial charge in [0.2, 0.25) is 0 Å². The van der Waals surface area contributed by atoms with E-state index in [1.165, 1.54) is 0 Å². The Morgan fingerprint density at radius 2 is 1.76 bits per heavy atom. The predicted octanol–water partition coefficient (Wildman–Crippen LogP) is 2.73. The minimum atomic E-state index is -5.89. The van der Waals surface area contributed by atoms with Crippen LogP contribution in [0.25, 0.3) is 11.2 Å². The summed E-state index contributed by atoms with van der Waals surface area (Å²) in [6, 6.07) is 0.000817. The Bertz CT molecular complexity index is 876. The fourth-order valence-corrected chi connectivity index (χ4v) is 2.69.